The van der Waals surface area contributed by atoms with Gasteiger partial charge in [0.25, 0.3) is 0 Å². The summed E-state index contributed by atoms with van der Waals surface area (Å²) in [7, 11) is 0. The fourth-order valence-electron chi connectivity index (χ4n) is 2.64. The maximum atomic E-state index is 10.2. The van der Waals surface area contributed by atoms with E-state index in [0.717, 1.165) is 22.1 Å². The summed E-state index contributed by atoms with van der Waals surface area (Å²) in [6.07, 6.45) is 0. The van der Waals surface area contributed by atoms with Crippen LogP contribution in [0.15, 0.2) is 66.7 Å². The smallest absolute Gasteiger partial charge is 0.141 e. The predicted molar refractivity (Wildman–Crippen MR) is 92.5 cm³/mol. The lowest BCUT2D eigenvalue weighted by Crippen LogP contribution is -2.01. The van der Waals surface area contributed by atoms with Gasteiger partial charge in [-0.2, -0.15) is 0 Å². The number of aromatic nitrogens is 2. The van der Waals surface area contributed by atoms with Crippen LogP contribution >= 0.6 is 0 Å². The molecule has 1 heterocycles. The molecule has 0 aliphatic rings. The molecule has 0 radical (unpaired) electrons. The molecule has 0 amide bonds. The summed E-state index contributed by atoms with van der Waals surface area (Å²) in [6, 6.07) is 21.2. The first-order chi connectivity index (χ1) is 11.3. The van der Waals surface area contributed by atoms with Gasteiger partial charge in [-0.25, -0.2) is 9.97 Å². The van der Waals surface area contributed by atoms with Gasteiger partial charge in [0.2, 0.25) is 0 Å². The molecule has 0 fully saturated rings. The van der Waals surface area contributed by atoms with Gasteiger partial charge in [-0.05, 0) is 29.8 Å². The third-order valence-electron chi connectivity index (χ3n) is 3.80. The molecular weight excluding hydrogens is 286 g/mol. The number of phenols is 1. The van der Waals surface area contributed by atoms with E-state index in [0.29, 0.717) is 17.7 Å². The molecule has 0 atom stereocenters. The Morgan fingerprint density at radius 2 is 1.43 bits per heavy atom. The number of aromatic hydroxyl groups is 1. The highest BCUT2D eigenvalue weighted by Crippen LogP contribution is 2.31. The lowest BCUT2D eigenvalue weighted by Gasteiger charge is -2.11. The molecule has 4 heteroatoms. The molecule has 4 nitrogen and oxygen atoms in total. The largest absolute Gasteiger partial charge is 0.506 e. The zero-order chi connectivity index (χ0) is 15.6. The van der Waals surface area contributed by atoms with Gasteiger partial charge in [-0.3, -0.25) is 0 Å². The standard InChI is InChI=1S/C19H15N3O/c23-17-11-10-16-18(22-15-9-5-4-8-14(15)21-16)19(17)20-12-13-6-2-1-3-7-13/h1-11,20,23H,12H2. The van der Waals surface area contributed by atoms with Gasteiger partial charge >= 0.3 is 0 Å². The molecule has 0 spiro atoms. The highest BCUT2D eigenvalue weighted by atomic mass is 16.3. The van der Waals surface area contributed by atoms with Gasteiger partial charge in [0.05, 0.1) is 16.6 Å². The Bertz CT molecular complexity index is 984. The van der Waals surface area contributed by atoms with Crippen LogP contribution in [0.4, 0.5) is 5.69 Å². The van der Waals surface area contributed by atoms with Crippen molar-refractivity contribution < 1.29 is 5.11 Å². The number of nitrogens with one attached hydrogen (secondary N) is 1. The Balaban J connectivity index is 1.80. The third-order valence-corrected chi connectivity index (χ3v) is 3.80. The van der Waals surface area contributed by atoms with Crippen LogP contribution in [0.1, 0.15) is 5.56 Å². The average molecular weight is 301 g/mol. The van der Waals surface area contributed by atoms with Gasteiger partial charge < -0.3 is 10.4 Å². The maximum Gasteiger partial charge on any atom is 0.141 e. The lowest BCUT2D eigenvalue weighted by atomic mass is 10.2. The first kappa shape index (κ1) is 13.5. The molecule has 0 bridgehead atoms. The van der Waals surface area contributed by atoms with Crippen molar-refractivity contribution in [1.29, 1.82) is 0 Å². The van der Waals surface area contributed by atoms with E-state index >= 15 is 0 Å². The van der Waals surface area contributed by atoms with Gasteiger partial charge in [-0.1, -0.05) is 42.5 Å². The topological polar surface area (TPSA) is 58.0 Å². The Hall–Kier alpha value is -3.14. The Morgan fingerprint density at radius 1 is 0.739 bits per heavy atom. The molecule has 0 aliphatic heterocycles. The molecule has 23 heavy (non-hydrogen) atoms. The molecule has 3 aromatic carbocycles. The second-order valence-electron chi connectivity index (χ2n) is 5.38. The number of phenolic OH excluding ortho intramolecular Hbond substituents is 1. The third kappa shape index (κ3) is 2.55. The minimum absolute atomic E-state index is 0.179. The van der Waals surface area contributed by atoms with Crippen molar-refractivity contribution in [3.8, 4) is 5.75 Å². The number of benzene rings is 3. The molecule has 2 N–H and O–H groups in total. The maximum absolute atomic E-state index is 10.2. The van der Waals surface area contributed by atoms with E-state index in [-0.39, 0.29) is 5.75 Å². The summed E-state index contributed by atoms with van der Waals surface area (Å²) >= 11 is 0. The molecule has 0 saturated carbocycles. The minimum atomic E-state index is 0.179. The zero-order valence-electron chi connectivity index (χ0n) is 12.4. The molecule has 112 valence electrons. The van der Waals surface area contributed by atoms with Crippen LogP contribution in [0.5, 0.6) is 5.75 Å². The van der Waals surface area contributed by atoms with Crippen LogP contribution in [0.2, 0.25) is 0 Å². The normalized spacial score (nSPS) is 11.0. The van der Waals surface area contributed by atoms with Gasteiger partial charge in [0, 0.05) is 6.54 Å². The van der Waals surface area contributed by atoms with Crippen molar-refractivity contribution in [1.82, 2.24) is 9.97 Å². The molecular formula is C19H15N3O. The van der Waals surface area contributed by atoms with E-state index in [2.05, 4.69) is 15.3 Å². The van der Waals surface area contributed by atoms with Crippen LogP contribution < -0.4 is 5.32 Å². The van der Waals surface area contributed by atoms with Gasteiger partial charge in [-0.15, -0.1) is 0 Å². The second-order valence-corrected chi connectivity index (χ2v) is 5.38. The first-order valence-electron chi connectivity index (χ1n) is 7.47. The van der Waals surface area contributed by atoms with Crippen molar-refractivity contribution in [3.05, 3.63) is 72.3 Å². The SMILES string of the molecule is Oc1ccc2nc3ccccc3nc2c1NCc1ccccc1. The van der Waals surface area contributed by atoms with Crippen molar-refractivity contribution >= 4 is 27.8 Å². The molecule has 4 aromatic rings. The van der Waals surface area contributed by atoms with Crippen LogP contribution in [0.25, 0.3) is 22.1 Å². The number of anilines is 1. The predicted octanol–water partition coefficient (Wildman–Crippen LogP) is 4.10. The highest BCUT2D eigenvalue weighted by molar-refractivity contribution is 5.96. The van der Waals surface area contributed by atoms with Gasteiger partial charge in [0.15, 0.2) is 0 Å². The average Bonchev–Trinajstić information content (AvgIpc) is 2.60. The highest BCUT2D eigenvalue weighted by Gasteiger charge is 2.10. The molecule has 0 saturated heterocycles. The van der Waals surface area contributed by atoms with Crippen molar-refractivity contribution in [2.75, 3.05) is 5.32 Å². The Kier molecular flexibility index (Phi) is 3.27. The zero-order valence-corrected chi connectivity index (χ0v) is 12.4. The summed E-state index contributed by atoms with van der Waals surface area (Å²) in [4.78, 5) is 9.29. The number of hydrogen-bond acceptors (Lipinski definition) is 4. The fourth-order valence-corrected chi connectivity index (χ4v) is 2.64. The van der Waals surface area contributed by atoms with Crippen LogP contribution in [-0.2, 0) is 6.54 Å². The summed E-state index contributed by atoms with van der Waals surface area (Å²) in [6.45, 7) is 0.613. The second kappa shape index (κ2) is 5.57. The number of para-hydroxylation sites is 2. The first-order valence-corrected chi connectivity index (χ1v) is 7.47. The van der Waals surface area contributed by atoms with Crippen LogP contribution in [0, 0.1) is 0 Å². The fraction of sp³-hybridized carbons (Fsp3) is 0.0526. The van der Waals surface area contributed by atoms with E-state index in [4.69, 9.17) is 0 Å². The number of rotatable bonds is 3. The number of fused-ring (bicyclic) bond motifs is 2. The van der Waals surface area contributed by atoms with Crippen LogP contribution in [0.3, 0.4) is 0 Å². The quantitative estimate of drug-likeness (QED) is 0.442. The van der Waals surface area contributed by atoms with E-state index in [1.165, 1.54) is 0 Å². The summed E-state index contributed by atoms with van der Waals surface area (Å²) in [5.41, 5.74) is 4.85. The van der Waals surface area contributed by atoms with E-state index in [9.17, 15) is 5.11 Å². The number of nitrogens with zero attached hydrogens (tertiary/aromatic N) is 2. The van der Waals surface area contributed by atoms with Crippen LogP contribution in [-0.4, -0.2) is 15.1 Å². The Morgan fingerprint density at radius 3 is 2.22 bits per heavy atom. The summed E-state index contributed by atoms with van der Waals surface area (Å²) < 4.78 is 0. The molecule has 0 unspecified atom stereocenters. The minimum Gasteiger partial charge on any atom is -0.506 e. The Labute approximate surface area is 133 Å². The molecule has 4 rings (SSSR count). The van der Waals surface area contributed by atoms with Crippen molar-refractivity contribution in [2.24, 2.45) is 0 Å². The molecule has 0 aliphatic carbocycles. The van der Waals surface area contributed by atoms with E-state index < -0.39 is 0 Å². The summed E-state index contributed by atoms with van der Waals surface area (Å²) in [5.74, 6) is 0.179. The van der Waals surface area contributed by atoms with Crippen molar-refractivity contribution in [2.45, 2.75) is 6.54 Å². The lowest BCUT2D eigenvalue weighted by molar-refractivity contribution is 0.478. The van der Waals surface area contributed by atoms with Gasteiger partial charge in [0.1, 0.15) is 17.0 Å². The van der Waals surface area contributed by atoms with Crippen molar-refractivity contribution in [3.63, 3.8) is 0 Å². The van der Waals surface area contributed by atoms with E-state index in [1.807, 2.05) is 54.6 Å². The molecule has 1 aromatic heterocycles. The summed E-state index contributed by atoms with van der Waals surface area (Å²) in [5, 5.41) is 13.5. The number of hydrogen-bond donors (Lipinski definition) is 2. The monoisotopic (exact) mass is 301 g/mol. The van der Waals surface area contributed by atoms with E-state index in [1.54, 1.807) is 12.1 Å².